The summed E-state index contributed by atoms with van der Waals surface area (Å²) in [5.41, 5.74) is 10.8. The Morgan fingerprint density at radius 1 is 0.964 bits per heavy atom. The average Bonchev–Trinajstić information content (AvgIpc) is 2.69. The molecule has 0 aliphatic rings. The Bertz CT molecular complexity index is 1240. The second-order valence-electron chi connectivity index (χ2n) is 6.71. The number of hydrogen-bond acceptors (Lipinski definition) is 4. The quantitative estimate of drug-likeness (QED) is 0.546. The minimum absolute atomic E-state index is 0.456. The van der Waals surface area contributed by atoms with Crippen LogP contribution in [0.25, 0.3) is 33.2 Å². The molecule has 28 heavy (non-hydrogen) atoms. The third kappa shape index (κ3) is 3.09. The van der Waals surface area contributed by atoms with Crippen molar-refractivity contribution < 1.29 is 9.18 Å². The predicted octanol–water partition coefficient (Wildman–Crippen LogP) is 4.21. The van der Waals surface area contributed by atoms with Gasteiger partial charge in [-0.1, -0.05) is 18.2 Å². The summed E-state index contributed by atoms with van der Waals surface area (Å²) in [4.78, 5) is 15.2. The van der Waals surface area contributed by atoms with Gasteiger partial charge in [0.15, 0.2) is 0 Å². The smallest absolute Gasteiger partial charge is 0.248 e. The van der Waals surface area contributed by atoms with Gasteiger partial charge in [0.25, 0.3) is 0 Å². The fourth-order valence-corrected chi connectivity index (χ4v) is 3.29. The summed E-state index contributed by atoms with van der Waals surface area (Å²) >= 11 is 0. The van der Waals surface area contributed by atoms with Crippen LogP contribution < -0.4 is 5.73 Å². The number of amides is 1. The van der Waals surface area contributed by atoms with E-state index in [1.165, 1.54) is 12.3 Å². The zero-order valence-electron chi connectivity index (χ0n) is 15.4. The molecule has 2 aromatic carbocycles. The standard InChI is InChI=1S/C22H17FN4O/c1-12-3-4-15(22(24)28)8-18(12)14-5-6-17-16(7-14)11-26-27-21(17)19-9-20(23)25-10-13(19)2/h3-11H,1-2H3,(H2,24,28). The van der Waals surface area contributed by atoms with Gasteiger partial charge in [0.2, 0.25) is 11.9 Å². The van der Waals surface area contributed by atoms with Crippen molar-refractivity contribution in [3.63, 3.8) is 0 Å². The van der Waals surface area contributed by atoms with Gasteiger partial charge in [-0.05, 0) is 54.3 Å². The number of nitrogens with zero attached hydrogens (tertiary/aromatic N) is 3. The van der Waals surface area contributed by atoms with Gasteiger partial charge in [-0.2, -0.15) is 9.49 Å². The SMILES string of the molecule is Cc1ccc(C(N)=O)cc1-c1ccc2c(-c3cc(F)ncc3C)nncc2c1. The Morgan fingerprint density at radius 3 is 2.57 bits per heavy atom. The third-order valence-electron chi connectivity index (χ3n) is 4.82. The molecule has 1 amide bonds. The van der Waals surface area contributed by atoms with Crippen molar-refractivity contribution in [1.82, 2.24) is 15.2 Å². The minimum atomic E-state index is -0.560. The molecular formula is C22H17FN4O. The summed E-state index contributed by atoms with van der Waals surface area (Å²) in [7, 11) is 0. The zero-order valence-corrected chi connectivity index (χ0v) is 15.4. The second-order valence-corrected chi connectivity index (χ2v) is 6.71. The molecule has 2 N–H and O–H groups in total. The molecule has 2 heterocycles. The van der Waals surface area contributed by atoms with Crippen LogP contribution in [0.1, 0.15) is 21.5 Å². The van der Waals surface area contributed by atoms with Crippen molar-refractivity contribution in [3.8, 4) is 22.4 Å². The maximum absolute atomic E-state index is 13.7. The van der Waals surface area contributed by atoms with Crippen molar-refractivity contribution in [3.05, 3.63) is 77.5 Å². The van der Waals surface area contributed by atoms with E-state index in [-0.39, 0.29) is 0 Å². The number of carbonyl (C=O) groups is 1. The molecule has 5 nitrogen and oxygen atoms in total. The van der Waals surface area contributed by atoms with E-state index in [0.717, 1.165) is 33.0 Å². The lowest BCUT2D eigenvalue weighted by atomic mass is 9.95. The van der Waals surface area contributed by atoms with Crippen LogP contribution in [0.4, 0.5) is 4.39 Å². The van der Waals surface area contributed by atoms with E-state index in [1.807, 2.05) is 38.1 Å². The first-order valence-electron chi connectivity index (χ1n) is 8.73. The van der Waals surface area contributed by atoms with Crippen molar-refractivity contribution in [2.45, 2.75) is 13.8 Å². The maximum atomic E-state index is 13.7. The maximum Gasteiger partial charge on any atom is 0.248 e. The molecule has 0 saturated carbocycles. The molecule has 0 unspecified atom stereocenters. The van der Waals surface area contributed by atoms with E-state index in [0.29, 0.717) is 16.8 Å². The molecule has 6 heteroatoms. The molecule has 2 aromatic heterocycles. The summed E-state index contributed by atoms with van der Waals surface area (Å²) in [5.74, 6) is -1.03. The number of fused-ring (bicyclic) bond motifs is 1. The molecular weight excluding hydrogens is 355 g/mol. The van der Waals surface area contributed by atoms with Gasteiger partial charge in [-0.15, -0.1) is 5.10 Å². The summed E-state index contributed by atoms with van der Waals surface area (Å²) in [5, 5.41) is 10.0. The van der Waals surface area contributed by atoms with E-state index in [4.69, 9.17) is 5.73 Å². The van der Waals surface area contributed by atoms with Gasteiger partial charge >= 0.3 is 0 Å². The number of pyridine rings is 1. The fraction of sp³-hybridized carbons (Fsp3) is 0.0909. The van der Waals surface area contributed by atoms with Crippen molar-refractivity contribution in [2.75, 3.05) is 0 Å². The number of rotatable bonds is 3. The lowest BCUT2D eigenvalue weighted by Crippen LogP contribution is -2.10. The Hall–Kier alpha value is -3.67. The Labute approximate surface area is 161 Å². The van der Waals surface area contributed by atoms with Gasteiger partial charge in [0.05, 0.1) is 6.20 Å². The second kappa shape index (κ2) is 6.81. The highest BCUT2D eigenvalue weighted by atomic mass is 19.1. The monoisotopic (exact) mass is 372 g/mol. The summed E-state index contributed by atoms with van der Waals surface area (Å²) in [6, 6.07) is 12.6. The van der Waals surface area contributed by atoms with Crippen LogP contribution in [0.5, 0.6) is 0 Å². The number of aromatic nitrogens is 3. The average molecular weight is 372 g/mol. The predicted molar refractivity (Wildman–Crippen MR) is 106 cm³/mol. The Morgan fingerprint density at radius 2 is 1.79 bits per heavy atom. The number of halogens is 1. The molecule has 0 aliphatic carbocycles. The zero-order chi connectivity index (χ0) is 19.8. The molecule has 0 saturated heterocycles. The third-order valence-corrected chi connectivity index (χ3v) is 4.82. The van der Waals surface area contributed by atoms with Crippen molar-refractivity contribution in [2.24, 2.45) is 5.73 Å². The Kier molecular flexibility index (Phi) is 4.31. The van der Waals surface area contributed by atoms with Crippen LogP contribution in [-0.2, 0) is 0 Å². The first kappa shape index (κ1) is 17.7. The number of carbonyl (C=O) groups excluding carboxylic acids is 1. The van der Waals surface area contributed by atoms with E-state index < -0.39 is 11.9 Å². The number of benzene rings is 2. The first-order chi connectivity index (χ1) is 13.4. The van der Waals surface area contributed by atoms with Crippen molar-refractivity contribution >= 4 is 16.7 Å². The highest BCUT2D eigenvalue weighted by Crippen LogP contribution is 2.32. The number of nitrogens with two attached hydrogens (primary N) is 1. The molecule has 0 bridgehead atoms. The van der Waals surface area contributed by atoms with Crippen LogP contribution in [0.3, 0.4) is 0 Å². The first-order valence-corrected chi connectivity index (χ1v) is 8.73. The Balaban J connectivity index is 1.90. The van der Waals surface area contributed by atoms with E-state index in [2.05, 4.69) is 15.2 Å². The summed E-state index contributed by atoms with van der Waals surface area (Å²) in [6.07, 6.45) is 3.15. The topological polar surface area (TPSA) is 81.8 Å². The fourth-order valence-electron chi connectivity index (χ4n) is 3.29. The van der Waals surface area contributed by atoms with Crippen LogP contribution >= 0.6 is 0 Å². The van der Waals surface area contributed by atoms with Crippen molar-refractivity contribution in [1.29, 1.82) is 0 Å². The van der Waals surface area contributed by atoms with E-state index >= 15 is 0 Å². The lowest BCUT2D eigenvalue weighted by Gasteiger charge is -2.11. The summed E-state index contributed by atoms with van der Waals surface area (Å²) in [6.45, 7) is 3.83. The molecule has 138 valence electrons. The minimum Gasteiger partial charge on any atom is -0.366 e. The van der Waals surface area contributed by atoms with Gasteiger partial charge in [0, 0.05) is 34.2 Å². The normalized spacial score (nSPS) is 11.0. The van der Waals surface area contributed by atoms with Gasteiger partial charge in [-0.3, -0.25) is 4.79 Å². The van der Waals surface area contributed by atoms with E-state index in [9.17, 15) is 9.18 Å². The van der Waals surface area contributed by atoms with Crippen LogP contribution in [0.2, 0.25) is 0 Å². The van der Waals surface area contributed by atoms with E-state index in [1.54, 1.807) is 18.3 Å². The number of aryl methyl sites for hydroxylation is 2. The highest BCUT2D eigenvalue weighted by molar-refractivity contribution is 5.98. The summed E-state index contributed by atoms with van der Waals surface area (Å²) < 4.78 is 13.7. The molecule has 0 atom stereocenters. The van der Waals surface area contributed by atoms with Gasteiger partial charge in [-0.25, -0.2) is 4.98 Å². The lowest BCUT2D eigenvalue weighted by molar-refractivity contribution is 0.100. The molecule has 0 fully saturated rings. The van der Waals surface area contributed by atoms with Gasteiger partial charge < -0.3 is 5.73 Å². The molecule has 0 radical (unpaired) electrons. The molecule has 0 spiro atoms. The van der Waals surface area contributed by atoms with Gasteiger partial charge in [0.1, 0.15) is 5.69 Å². The molecule has 4 aromatic rings. The van der Waals surface area contributed by atoms with Crippen LogP contribution in [0.15, 0.2) is 54.9 Å². The van der Waals surface area contributed by atoms with Crippen LogP contribution in [0, 0.1) is 19.8 Å². The number of hydrogen-bond donors (Lipinski definition) is 1. The molecule has 4 rings (SSSR count). The van der Waals surface area contributed by atoms with Crippen LogP contribution in [-0.4, -0.2) is 21.1 Å². The number of primary amides is 1. The molecule has 0 aliphatic heterocycles. The highest BCUT2D eigenvalue weighted by Gasteiger charge is 2.13. The largest absolute Gasteiger partial charge is 0.366 e.